The lowest BCUT2D eigenvalue weighted by Gasteiger charge is -2.31. The van der Waals surface area contributed by atoms with Gasteiger partial charge in [0.05, 0.1) is 42.6 Å². The summed E-state index contributed by atoms with van der Waals surface area (Å²) in [6.07, 6.45) is 9.61. The summed E-state index contributed by atoms with van der Waals surface area (Å²) in [7, 11) is 0. The number of fused-ring (bicyclic) bond motifs is 3. The Morgan fingerprint density at radius 2 is 1.96 bits per heavy atom. The third kappa shape index (κ3) is 5.20. The van der Waals surface area contributed by atoms with E-state index in [1.807, 2.05) is 6.07 Å². The van der Waals surface area contributed by atoms with Gasteiger partial charge in [0.2, 0.25) is 0 Å². The molecule has 2 atom stereocenters. The Hall–Kier alpha value is -3.16. The molecule has 45 heavy (non-hydrogen) atoms. The fourth-order valence-corrected chi connectivity index (χ4v) is 8.16. The lowest BCUT2D eigenvalue weighted by Crippen LogP contribution is -2.43. The van der Waals surface area contributed by atoms with Gasteiger partial charge in [0.15, 0.2) is 5.82 Å². The van der Waals surface area contributed by atoms with Crippen molar-refractivity contribution in [3.8, 4) is 17.3 Å². The van der Waals surface area contributed by atoms with Gasteiger partial charge in [-0.05, 0) is 75.1 Å². The number of hydrogen-bond acceptors (Lipinski definition) is 10. The van der Waals surface area contributed by atoms with Gasteiger partial charge in [-0.25, -0.2) is 4.39 Å². The van der Waals surface area contributed by atoms with Crippen LogP contribution in [-0.4, -0.2) is 94.9 Å². The first-order valence-corrected chi connectivity index (χ1v) is 16.4. The van der Waals surface area contributed by atoms with Gasteiger partial charge in [-0.15, -0.1) is 0 Å². The summed E-state index contributed by atoms with van der Waals surface area (Å²) in [5.74, 6) is 0.413. The van der Waals surface area contributed by atoms with E-state index in [9.17, 15) is 0 Å². The topological polar surface area (TPSA) is 128 Å². The second-order valence-corrected chi connectivity index (χ2v) is 13.2. The molecule has 1 saturated carbocycles. The predicted molar refractivity (Wildman–Crippen MR) is 169 cm³/mol. The molecule has 11 nitrogen and oxygen atoms in total. The van der Waals surface area contributed by atoms with Crippen LogP contribution in [0.1, 0.15) is 50.0 Å². The summed E-state index contributed by atoms with van der Waals surface area (Å²) < 4.78 is 34.7. The number of halogens is 2. The molecule has 238 valence electrons. The number of benzene rings is 1. The molecule has 4 aliphatic rings. The third-order valence-corrected chi connectivity index (χ3v) is 10.5. The number of H-pyrrole nitrogens is 1. The molecule has 4 fully saturated rings. The van der Waals surface area contributed by atoms with Crippen LogP contribution in [0.2, 0.25) is 5.02 Å². The number of anilines is 1. The van der Waals surface area contributed by atoms with Crippen LogP contribution in [0, 0.1) is 11.7 Å². The average Bonchev–Trinajstić information content (AvgIpc) is 3.33. The second kappa shape index (κ2) is 11.9. The number of nitrogens with one attached hydrogen (secondary N) is 1. The van der Waals surface area contributed by atoms with E-state index < -0.39 is 5.82 Å². The molecule has 3 N–H and O–H groups in total. The number of ether oxygens (including phenoxy) is 3. The number of aromatic nitrogens is 5. The molecule has 13 heteroatoms. The standard InChI is InChI=1S/C32H38ClFN8O3/c33-23-13-24-21(15-37-40-24)26(25(23)20-12-19(20)16-44-18-35)29-27(34)28-22(14-36-29)30(41-6-3-10-43-11-9-41)39-31(38-28)45-17-32-4-1-7-42(32)8-2-5-32/h13-15,19-20H,1-12,16-18,35H2,(H,37,40). The molecule has 8 rings (SSSR count). The molecule has 2 unspecified atom stereocenters. The van der Waals surface area contributed by atoms with Gasteiger partial charge in [-0.2, -0.15) is 15.1 Å². The molecule has 6 heterocycles. The van der Waals surface area contributed by atoms with E-state index in [4.69, 9.17) is 46.5 Å². The van der Waals surface area contributed by atoms with Crippen LogP contribution in [0.4, 0.5) is 10.2 Å². The maximum atomic E-state index is 17.1. The first-order valence-electron chi connectivity index (χ1n) is 16.1. The first kappa shape index (κ1) is 29.3. The van der Waals surface area contributed by atoms with Crippen molar-refractivity contribution in [2.75, 3.05) is 64.2 Å². The van der Waals surface area contributed by atoms with Crippen molar-refractivity contribution in [2.24, 2.45) is 11.7 Å². The van der Waals surface area contributed by atoms with Gasteiger partial charge in [-0.1, -0.05) is 11.6 Å². The van der Waals surface area contributed by atoms with Crippen molar-refractivity contribution < 1.29 is 18.6 Å². The molecule has 0 bridgehead atoms. The number of nitrogens with two attached hydrogens (primary N) is 1. The van der Waals surface area contributed by atoms with E-state index in [0.717, 1.165) is 69.1 Å². The highest BCUT2D eigenvalue weighted by molar-refractivity contribution is 6.33. The Kier molecular flexibility index (Phi) is 7.73. The Morgan fingerprint density at radius 3 is 2.80 bits per heavy atom. The highest BCUT2D eigenvalue weighted by Gasteiger charge is 2.45. The zero-order valence-corrected chi connectivity index (χ0v) is 26.0. The summed E-state index contributed by atoms with van der Waals surface area (Å²) >= 11 is 6.90. The molecule has 1 aliphatic carbocycles. The third-order valence-electron chi connectivity index (χ3n) is 10.2. The van der Waals surface area contributed by atoms with E-state index in [2.05, 4.69) is 20.0 Å². The Labute approximate surface area is 265 Å². The fourth-order valence-electron chi connectivity index (χ4n) is 7.82. The van der Waals surface area contributed by atoms with Gasteiger partial charge in [-0.3, -0.25) is 15.0 Å². The van der Waals surface area contributed by atoms with E-state index in [0.29, 0.717) is 60.3 Å². The maximum Gasteiger partial charge on any atom is 0.319 e. The highest BCUT2D eigenvalue weighted by Crippen LogP contribution is 2.54. The molecule has 3 aromatic heterocycles. The molecule has 0 spiro atoms. The van der Waals surface area contributed by atoms with Crippen LogP contribution < -0.4 is 15.4 Å². The zero-order chi connectivity index (χ0) is 30.5. The quantitative estimate of drug-likeness (QED) is 0.251. The van der Waals surface area contributed by atoms with Crippen molar-refractivity contribution in [3.63, 3.8) is 0 Å². The first-order chi connectivity index (χ1) is 22.1. The number of pyridine rings is 1. The lowest BCUT2D eigenvalue weighted by atomic mass is 9.95. The summed E-state index contributed by atoms with van der Waals surface area (Å²) in [4.78, 5) is 19.0. The molecule has 3 saturated heterocycles. The molecular formula is C32H38ClFN8O3. The van der Waals surface area contributed by atoms with Crippen LogP contribution >= 0.6 is 11.6 Å². The number of hydrogen-bond donors (Lipinski definition) is 2. The Balaban J connectivity index is 1.25. The Morgan fingerprint density at radius 1 is 1.09 bits per heavy atom. The summed E-state index contributed by atoms with van der Waals surface area (Å²) in [6, 6.07) is 2.04. The monoisotopic (exact) mass is 636 g/mol. The SMILES string of the molecule is NCOCC1CC1c1c(Cl)cc2[nH]ncc2c1-c1ncc2c(N3CCCOCC3)nc(OCC34CCCN3CCC4)nc2c1F. The molecular weight excluding hydrogens is 599 g/mol. The maximum absolute atomic E-state index is 17.1. The number of aromatic amines is 1. The van der Waals surface area contributed by atoms with Gasteiger partial charge in [0.1, 0.15) is 23.6 Å². The van der Waals surface area contributed by atoms with E-state index in [-0.39, 0.29) is 41.3 Å². The minimum Gasteiger partial charge on any atom is -0.461 e. The fraction of sp³-hybridized carbons (Fsp3) is 0.562. The minimum absolute atomic E-state index is 0.00781. The number of rotatable bonds is 9. The molecule has 0 amide bonds. The van der Waals surface area contributed by atoms with Crippen LogP contribution in [-0.2, 0) is 9.47 Å². The molecule has 3 aliphatic heterocycles. The van der Waals surface area contributed by atoms with Gasteiger partial charge >= 0.3 is 6.01 Å². The van der Waals surface area contributed by atoms with E-state index >= 15 is 4.39 Å². The highest BCUT2D eigenvalue weighted by atomic mass is 35.5. The van der Waals surface area contributed by atoms with Gasteiger partial charge < -0.3 is 24.8 Å². The van der Waals surface area contributed by atoms with Crippen molar-refractivity contribution in [1.82, 2.24) is 30.0 Å². The second-order valence-electron chi connectivity index (χ2n) is 12.8. The predicted octanol–water partition coefficient (Wildman–Crippen LogP) is 4.63. The Bertz CT molecular complexity index is 1720. The van der Waals surface area contributed by atoms with Crippen molar-refractivity contribution >= 4 is 39.2 Å². The van der Waals surface area contributed by atoms with Crippen LogP contribution in [0.15, 0.2) is 18.5 Å². The van der Waals surface area contributed by atoms with E-state index in [1.54, 1.807) is 12.4 Å². The minimum atomic E-state index is -0.532. The molecule has 4 aromatic rings. The van der Waals surface area contributed by atoms with Crippen molar-refractivity contribution in [1.29, 1.82) is 0 Å². The summed E-state index contributed by atoms with van der Waals surface area (Å²) in [6.45, 7) is 5.95. The van der Waals surface area contributed by atoms with Crippen molar-refractivity contribution in [3.05, 3.63) is 34.9 Å². The molecule has 0 radical (unpaired) electrons. The number of nitrogens with zero attached hydrogens (tertiary/aromatic N) is 6. The average molecular weight is 637 g/mol. The smallest absolute Gasteiger partial charge is 0.319 e. The van der Waals surface area contributed by atoms with Gasteiger partial charge in [0, 0.05) is 41.9 Å². The molecule has 1 aromatic carbocycles. The van der Waals surface area contributed by atoms with Crippen LogP contribution in [0.3, 0.4) is 0 Å². The summed E-state index contributed by atoms with van der Waals surface area (Å²) in [5.41, 5.74) is 8.14. The van der Waals surface area contributed by atoms with Crippen LogP contribution in [0.25, 0.3) is 33.1 Å². The van der Waals surface area contributed by atoms with Crippen LogP contribution in [0.5, 0.6) is 6.01 Å². The van der Waals surface area contributed by atoms with Gasteiger partial charge in [0.25, 0.3) is 0 Å². The summed E-state index contributed by atoms with van der Waals surface area (Å²) in [5, 5.41) is 9.08. The largest absolute Gasteiger partial charge is 0.461 e. The zero-order valence-electron chi connectivity index (χ0n) is 25.2. The lowest BCUT2D eigenvalue weighted by molar-refractivity contribution is 0.108. The normalized spacial score (nSPS) is 23.1. The van der Waals surface area contributed by atoms with E-state index in [1.165, 1.54) is 0 Å². The van der Waals surface area contributed by atoms with Crippen molar-refractivity contribution in [2.45, 2.75) is 50.0 Å².